The van der Waals surface area contributed by atoms with Crippen LogP contribution in [0.2, 0.25) is 0 Å². The summed E-state index contributed by atoms with van der Waals surface area (Å²) in [6.45, 7) is 16.1. The van der Waals surface area contributed by atoms with Gasteiger partial charge in [-0.05, 0) is 103 Å². The fourth-order valence-corrected chi connectivity index (χ4v) is 5.36. The van der Waals surface area contributed by atoms with Gasteiger partial charge in [0.15, 0.2) is 0 Å². The number of hydrogen-bond donors (Lipinski definition) is 0. The summed E-state index contributed by atoms with van der Waals surface area (Å²) in [5.74, 6) is 0.536. The van der Waals surface area contributed by atoms with Gasteiger partial charge in [-0.25, -0.2) is 28.7 Å². The molecule has 0 aliphatic carbocycles. The number of rotatable bonds is 8. The van der Waals surface area contributed by atoms with Gasteiger partial charge in [-0.1, -0.05) is 24.3 Å². The summed E-state index contributed by atoms with van der Waals surface area (Å²) in [5, 5.41) is 0. The highest BCUT2D eigenvalue weighted by Gasteiger charge is 2.07. The lowest BCUT2D eigenvalue weighted by atomic mass is 10.1. The van der Waals surface area contributed by atoms with Gasteiger partial charge in [-0.3, -0.25) is 29.9 Å². The molecule has 8 rings (SSSR count). The van der Waals surface area contributed by atoms with Crippen molar-refractivity contribution in [3.8, 4) is 56.8 Å². The quantitative estimate of drug-likeness (QED) is 0.143. The molecule has 0 N–H and O–H groups in total. The maximum absolute atomic E-state index is 13.4. The zero-order valence-electron chi connectivity index (χ0n) is 36.0. The van der Waals surface area contributed by atoms with Crippen LogP contribution in [0.1, 0.15) is 47.8 Å². The highest BCUT2D eigenvalue weighted by molar-refractivity contribution is 5.60. The summed E-state index contributed by atoms with van der Waals surface area (Å²) in [6, 6.07) is 18.0. The Morgan fingerprint density at radius 3 is 1.10 bits per heavy atom. The number of halogens is 2. The molecule has 316 valence electrons. The van der Waals surface area contributed by atoms with Gasteiger partial charge in [0.05, 0.1) is 84.6 Å². The molecule has 0 radical (unpaired) electrons. The zero-order chi connectivity index (χ0) is 44.4. The van der Waals surface area contributed by atoms with Crippen molar-refractivity contribution >= 4 is 0 Å². The van der Waals surface area contributed by atoms with Crippen molar-refractivity contribution in [3.05, 3.63) is 168 Å². The van der Waals surface area contributed by atoms with Crippen LogP contribution < -0.4 is 9.47 Å². The van der Waals surface area contributed by atoms with E-state index in [9.17, 15) is 8.78 Å². The summed E-state index contributed by atoms with van der Waals surface area (Å²) in [4.78, 5) is 41.9. The number of ether oxygens (including phenoxy) is 2. The first-order chi connectivity index (χ1) is 29.9. The fraction of sp³-hybridized carbons (Fsp3) is 0.208. The minimum Gasteiger partial charge on any atom is -0.477 e. The lowest BCUT2D eigenvalue weighted by Gasteiger charge is -2.05. The first-order valence-electron chi connectivity index (χ1n) is 19.8. The number of nitrogens with zero attached hydrogens (tertiary/aromatic N) is 10. The van der Waals surface area contributed by atoms with Crippen molar-refractivity contribution in [1.29, 1.82) is 0 Å². The Labute approximate surface area is 360 Å². The van der Waals surface area contributed by atoms with Crippen molar-refractivity contribution in [2.75, 3.05) is 13.2 Å². The maximum atomic E-state index is 13.4. The van der Waals surface area contributed by atoms with Crippen molar-refractivity contribution in [2.45, 2.75) is 55.4 Å². The molecule has 6 aromatic heterocycles. The third-order valence-electron chi connectivity index (χ3n) is 8.67. The lowest BCUT2D eigenvalue weighted by Crippen LogP contribution is -1.96. The molecule has 0 amide bonds. The van der Waals surface area contributed by atoms with E-state index < -0.39 is 0 Å². The van der Waals surface area contributed by atoms with Crippen molar-refractivity contribution in [1.82, 2.24) is 49.8 Å². The molecule has 8 aromatic rings. The van der Waals surface area contributed by atoms with E-state index in [1.165, 1.54) is 18.3 Å². The maximum Gasteiger partial charge on any atom is 0.232 e. The van der Waals surface area contributed by atoms with E-state index in [0.717, 1.165) is 50.9 Å². The van der Waals surface area contributed by atoms with Crippen molar-refractivity contribution in [2.24, 2.45) is 0 Å². The minimum atomic E-state index is -0.244. The molecule has 2 aromatic carbocycles. The average molecular weight is 835 g/mol. The van der Waals surface area contributed by atoms with Gasteiger partial charge in [-0.15, -0.1) is 0 Å². The van der Waals surface area contributed by atoms with Gasteiger partial charge in [0.1, 0.15) is 11.6 Å². The molecule has 0 atom stereocenters. The second kappa shape index (κ2) is 22.8. The molecule has 12 nitrogen and oxygen atoms in total. The van der Waals surface area contributed by atoms with Crippen LogP contribution in [-0.4, -0.2) is 63.1 Å². The normalized spacial score (nSPS) is 10.2. The SMILES string of the molecule is CCOc1cncc(-c2ccc(C)c(F)c2)n1.CCOc1cncc(-c2ccc(C)nc2)n1.Cc1ccc(-c2cncc(C)n2)cn1.Cc1cncc(-c2ccc(C)c(F)c2)n1. The monoisotopic (exact) mass is 834 g/mol. The second-order valence-electron chi connectivity index (χ2n) is 13.7. The molecule has 0 saturated carbocycles. The van der Waals surface area contributed by atoms with Gasteiger partial charge in [0.25, 0.3) is 0 Å². The summed E-state index contributed by atoms with van der Waals surface area (Å²) in [5.41, 5.74) is 11.4. The lowest BCUT2D eigenvalue weighted by molar-refractivity contribution is 0.325. The van der Waals surface area contributed by atoms with E-state index in [1.807, 2.05) is 84.1 Å². The fourth-order valence-electron chi connectivity index (χ4n) is 5.36. The summed E-state index contributed by atoms with van der Waals surface area (Å²) in [7, 11) is 0. The predicted molar refractivity (Wildman–Crippen MR) is 236 cm³/mol. The standard InChI is InChI=1S/C13H13FN2O.C12H11FN2.C12H13N3O.C11H11N3/c1-3-17-13-8-15-7-12(16-13)10-5-4-9(2)11(14)6-10;1-8-3-4-10(5-11(8)13)12-7-14-6-9(2)15-12;1-3-16-12-8-13-7-11(15-12)10-5-4-9(2)14-6-10;1-8-3-4-10(6-13-8)11-7-12-5-9(2)14-11/h4-8H,3H2,1-2H3;3-7H,1-2H3;4-8H,3H2,1-2H3;3-7H,1-2H3. The molecule has 14 heteroatoms. The largest absolute Gasteiger partial charge is 0.477 e. The van der Waals surface area contributed by atoms with Crippen LogP contribution in [0.3, 0.4) is 0 Å². The number of benzene rings is 2. The molecule has 0 aliphatic heterocycles. The Morgan fingerprint density at radius 1 is 0.387 bits per heavy atom. The second-order valence-corrected chi connectivity index (χ2v) is 13.7. The number of hydrogen-bond acceptors (Lipinski definition) is 12. The van der Waals surface area contributed by atoms with Crippen molar-refractivity contribution in [3.63, 3.8) is 0 Å². The van der Waals surface area contributed by atoms with Crippen LogP contribution in [0.4, 0.5) is 8.78 Å². The smallest absolute Gasteiger partial charge is 0.232 e. The van der Waals surface area contributed by atoms with Crippen LogP contribution in [0, 0.1) is 53.2 Å². The Kier molecular flexibility index (Phi) is 16.7. The van der Waals surface area contributed by atoms with Crippen LogP contribution in [0.5, 0.6) is 11.8 Å². The van der Waals surface area contributed by atoms with Gasteiger partial charge < -0.3 is 9.47 Å². The van der Waals surface area contributed by atoms with Crippen molar-refractivity contribution < 1.29 is 18.3 Å². The Morgan fingerprint density at radius 2 is 0.742 bits per heavy atom. The number of pyridine rings is 2. The molecule has 0 unspecified atom stereocenters. The van der Waals surface area contributed by atoms with Gasteiger partial charge >= 0.3 is 0 Å². The first-order valence-corrected chi connectivity index (χ1v) is 19.8. The van der Waals surface area contributed by atoms with E-state index >= 15 is 0 Å². The highest BCUT2D eigenvalue weighted by atomic mass is 19.1. The Bertz CT molecular complexity index is 2670. The van der Waals surface area contributed by atoms with E-state index in [0.29, 0.717) is 53.1 Å². The molecule has 0 saturated heterocycles. The summed E-state index contributed by atoms with van der Waals surface area (Å²) in [6.07, 6.45) is 16.8. The number of aromatic nitrogens is 10. The highest BCUT2D eigenvalue weighted by Crippen LogP contribution is 2.22. The van der Waals surface area contributed by atoms with E-state index in [-0.39, 0.29) is 11.6 Å². The molecule has 0 spiro atoms. The van der Waals surface area contributed by atoms with Crippen LogP contribution >= 0.6 is 0 Å². The van der Waals surface area contributed by atoms with Crippen LogP contribution in [-0.2, 0) is 0 Å². The van der Waals surface area contributed by atoms with E-state index in [2.05, 4.69) is 49.8 Å². The summed E-state index contributed by atoms with van der Waals surface area (Å²) < 4.78 is 37.3. The molecule has 6 heterocycles. The molecule has 0 fully saturated rings. The predicted octanol–water partition coefficient (Wildman–Crippen LogP) is 10.3. The molecular formula is C48H48F2N10O2. The number of aryl methyl sites for hydroxylation is 6. The van der Waals surface area contributed by atoms with E-state index in [1.54, 1.807) is 75.6 Å². The van der Waals surface area contributed by atoms with Gasteiger partial charge in [0, 0.05) is 58.4 Å². The Balaban J connectivity index is 0.000000156. The first kappa shape index (κ1) is 45.6. The third kappa shape index (κ3) is 13.8. The van der Waals surface area contributed by atoms with Gasteiger partial charge in [-0.2, -0.15) is 0 Å². The van der Waals surface area contributed by atoms with Crippen LogP contribution in [0.15, 0.2) is 123 Å². The average Bonchev–Trinajstić information content (AvgIpc) is 3.27. The minimum absolute atomic E-state index is 0.212. The van der Waals surface area contributed by atoms with E-state index in [4.69, 9.17) is 9.47 Å². The molecular weight excluding hydrogens is 787 g/mol. The molecule has 0 aliphatic rings. The third-order valence-corrected chi connectivity index (χ3v) is 8.67. The van der Waals surface area contributed by atoms with Crippen LogP contribution in [0.25, 0.3) is 45.0 Å². The molecule has 62 heavy (non-hydrogen) atoms. The topological polar surface area (TPSA) is 147 Å². The van der Waals surface area contributed by atoms with Gasteiger partial charge in [0.2, 0.25) is 11.8 Å². The zero-order valence-corrected chi connectivity index (χ0v) is 36.0. The Hall–Kier alpha value is -7.48. The summed E-state index contributed by atoms with van der Waals surface area (Å²) >= 11 is 0. The molecule has 0 bridgehead atoms.